The van der Waals surface area contributed by atoms with E-state index >= 15 is 0 Å². The van der Waals surface area contributed by atoms with Gasteiger partial charge in [-0.1, -0.05) is 6.92 Å². The van der Waals surface area contributed by atoms with Crippen molar-refractivity contribution >= 4 is 6.03 Å². The quantitative estimate of drug-likeness (QED) is 0.844. The summed E-state index contributed by atoms with van der Waals surface area (Å²) < 4.78 is 10.5. The van der Waals surface area contributed by atoms with Crippen molar-refractivity contribution in [3.63, 3.8) is 0 Å². The molecule has 1 aromatic heterocycles. The number of methoxy groups -OCH3 is 1. The number of nitrogens with one attached hydrogen (secondary N) is 1. The number of rotatable bonds is 6. The number of hydrogen-bond donors (Lipinski definition) is 2. The Hall–Kier alpha value is -1.53. The maximum absolute atomic E-state index is 12.4. The van der Waals surface area contributed by atoms with Crippen LogP contribution in [-0.2, 0) is 4.74 Å². The molecule has 2 N–H and O–H groups in total. The van der Waals surface area contributed by atoms with Gasteiger partial charge in [-0.2, -0.15) is 0 Å². The Bertz CT molecular complexity index is 447. The van der Waals surface area contributed by atoms with E-state index in [1.54, 1.807) is 24.3 Å². The van der Waals surface area contributed by atoms with Crippen LogP contribution in [0.5, 0.6) is 0 Å². The van der Waals surface area contributed by atoms with Crippen molar-refractivity contribution in [2.24, 2.45) is 5.41 Å². The molecular formula is C16H26N2O4. The van der Waals surface area contributed by atoms with Gasteiger partial charge in [0, 0.05) is 26.8 Å². The van der Waals surface area contributed by atoms with Gasteiger partial charge >= 0.3 is 6.03 Å². The van der Waals surface area contributed by atoms with Crippen LogP contribution in [0.3, 0.4) is 0 Å². The van der Waals surface area contributed by atoms with Crippen LogP contribution in [0.25, 0.3) is 0 Å². The molecule has 1 unspecified atom stereocenters. The summed E-state index contributed by atoms with van der Waals surface area (Å²) in [5, 5.41) is 12.5. The number of urea groups is 1. The van der Waals surface area contributed by atoms with Crippen molar-refractivity contribution in [2.75, 3.05) is 33.4 Å². The Morgan fingerprint density at radius 3 is 2.77 bits per heavy atom. The van der Waals surface area contributed by atoms with Crippen LogP contribution in [0.1, 0.15) is 38.0 Å². The first-order valence-electron chi connectivity index (χ1n) is 7.83. The summed E-state index contributed by atoms with van der Waals surface area (Å²) in [6.45, 7) is 3.98. The lowest BCUT2D eigenvalue weighted by Crippen LogP contribution is -2.49. The molecular weight excluding hydrogens is 284 g/mol. The fraction of sp³-hybridized carbons (Fsp3) is 0.688. The van der Waals surface area contributed by atoms with Gasteiger partial charge in [-0.25, -0.2) is 4.79 Å². The van der Waals surface area contributed by atoms with Crippen molar-refractivity contribution < 1.29 is 19.1 Å². The number of piperidine rings is 1. The van der Waals surface area contributed by atoms with Crippen LogP contribution in [0, 0.1) is 5.41 Å². The summed E-state index contributed by atoms with van der Waals surface area (Å²) >= 11 is 0. The molecule has 1 aromatic rings. The molecule has 2 heterocycles. The van der Waals surface area contributed by atoms with Gasteiger partial charge in [-0.05, 0) is 36.8 Å². The van der Waals surface area contributed by atoms with E-state index < -0.39 is 0 Å². The fourth-order valence-corrected chi connectivity index (χ4v) is 2.90. The van der Waals surface area contributed by atoms with Gasteiger partial charge in [0.05, 0.1) is 12.9 Å². The third-order valence-electron chi connectivity index (χ3n) is 4.71. The number of aliphatic hydroxyl groups excluding tert-OH is 1. The Labute approximate surface area is 131 Å². The molecule has 0 saturated carbocycles. The molecule has 1 atom stereocenters. The molecule has 6 heteroatoms. The zero-order chi connectivity index (χ0) is 16.0. The first-order chi connectivity index (χ1) is 10.6. The van der Waals surface area contributed by atoms with Crippen molar-refractivity contribution in [3.05, 3.63) is 24.2 Å². The summed E-state index contributed by atoms with van der Waals surface area (Å²) in [5.74, 6) is 0.686. The SMILES string of the molecule is CCC1(CO)CCN(C(=O)NC(COC)c2ccco2)CC1. The molecule has 1 fully saturated rings. The molecule has 2 rings (SSSR count). The highest BCUT2D eigenvalue weighted by Gasteiger charge is 2.34. The summed E-state index contributed by atoms with van der Waals surface area (Å²) in [6.07, 6.45) is 4.20. The molecule has 0 aliphatic carbocycles. The van der Waals surface area contributed by atoms with Gasteiger partial charge in [0.25, 0.3) is 0 Å². The standard InChI is InChI=1S/C16H26N2O4/c1-3-16(12-19)6-8-18(9-7-16)15(20)17-13(11-21-2)14-5-4-10-22-14/h4-5,10,13,19H,3,6-9,11-12H2,1-2H3,(H,17,20). The maximum atomic E-state index is 12.4. The van der Waals surface area contributed by atoms with Crippen LogP contribution < -0.4 is 5.32 Å². The van der Waals surface area contributed by atoms with Crippen LogP contribution in [-0.4, -0.2) is 49.5 Å². The van der Waals surface area contributed by atoms with E-state index in [9.17, 15) is 9.90 Å². The smallest absolute Gasteiger partial charge is 0.318 e. The van der Waals surface area contributed by atoms with Crippen molar-refractivity contribution in [1.82, 2.24) is 10.2 Å². The zero-order valence-corrected chi connectivity index (χ0v) is 13.4. The number of aliphatic hydroxyl groups is 1. The zero-order valence-electron chi connectivity index (χ0n) is 13.4. The second-order valence-electron chi connectivity index (χ2n) is 5.97. The topological polar surface area (TPSA) is 74.9 Å². The molecule has 2 amide bonds. The normalized spacial score (nSPS) is 19.0. The third kappa shape index (κ3) is 3.81. The molecule has 6 nitrogen and oxygen atoms in total. The molecule has 1 saturated heterocycles. The average Bonchev–Trinajstić information content (AvgIpc) is 3.09. The van der Waals surface area contributed by atoms with E-state index in [-0.39, 0.29) is 24.1 Å². The molecule has 124 valence electrons. The molecule has 0 radical (unpaired) electrons. The predicted molar refractivity (Wildman–Crippen MR) is 82.5 cm³/mol. The Morgan fingerprint density at radius 1 is 1.55 bits per heavy atom. The summed E-state index contributed by atoms with van der Waals surface area (Å²) in [5.41, 5.74) is -0.0241. The van der Waals surface area contributed by atoms with Gasteiger partial charge in [0.15, 0.2) is 0 Å². The second kappa shape index (κ2) is 7.65. The largest absolute Gasteiger partial charge is 0.467 e. The van der Waals surface area contributed by atoms with Crippen LogP contribution >= 0.6 is 0 Å². The van der Waals surface area contributed by atoms with Crippen molar-refractivity contribution in [3.8, 4) is 0 Å². The van der Waals surface area contributed by atoms with Crippen LogP contribution in [0.2, 0.25) is 0 Å². The molecule has 0 spiro atoms. The predicted octanol–water partition coefficient (Wildman–Crippen LogP) is 2.16. The summed E-state index contributed by atoms with van der Waals surface area (Å²) in [4.78, 5) is 14.2. The third-order valence-corrected chi connectivity index (χ3v) is 4.71. The first kappa shape index (κ1) is 16.8. The number of hydrogen-bond acceptors (Lipinski definition) is 4. The highest BCUT2D eigenvalue weighted by molar-refractivity contribution is 5.74. The van der Waals surface area contributed by atoms with Crippen LogP contribution in [0.15, 0.2) is 22.8 Å². The minimum atomic E-state index is -0.289. The molecule has 22 heavy (non-hydrogen) atoms. The van der Waals surface area contributed by atoms with Gasteiger partial charge in [-0.3, -0.25) is 0 Å². The summed E-state index contributed by atoms with van der Waals surface area (Å²) in [6, 6.07) is 3.22. The minimum absolute atomic E-state index is 0.0241. The number of furan rings is 1. The van der Waals surface area contributed by atoms with E-state index in [1.165, 1.54) is 0 Å². The number of nitrogens with zero attached hydrogens (tertiary/aromatic N) is 1. The van der Waals surface area contributed by atoms with E-state index in [0.717, 1.165) is 19.3 Å². The van der Waals surface area contributed by atoms with Gasteiger partial charge < -0.3 is 24.5 Å². The number of carbonyl (C=O) groups is 1. The maximum Gasteiger partial charge on any atom is 0.318 e. The summed E-state index contributed by atoms with van der Waals surface area (Å²) in [7, 11) is 1.60. The lowest BCUT2D eigenvalue weighted by Gasteiger charge is -2.40. The van der Waals surface area contributed by atoms with Crippen molar-refractivity contribution in [1.29, 1.82) is 0 Å². The fourth-order valence-electron chi connectivity index (χ4n) is 2.90. The van der Waals surface area contributed by atoms with Crippen molar-refractivity contribution in [2.45, 2.75) is 32.2 Å². The lowest BCUT2D eigenvalue weighted by atomic mass is 9.77. The number of amides is 2. The van der Waals surface area contributed by atoms with E-state index in [0.29, 0.717) is 25.5 Å². The molecule has 0 aromatic carbocycles. The van der Waals surface area contributed by atoms with E-state index in [1.807, 2.05) is 6.07 Å². The number of likely N-dealkylation sites (tertiary alicyclic amines) is 1. The van der Waals surface area contributed by atoms with Gasteiger partial charge in [0.1, 0.15) is 11.8 Å². The van der Waals surface area contributed by atoms with E-state index in [4.69, 9.17) is 9.15 Å². The highest BCUT2D eigenvalue weighted by atomic mass is 16.5. The molecule has 1 aliphatic heterocycles. The number of ether oxygens (including phenoxy) is 1. The highest BCUT2D eigenvalue weighted by Crippen LogP contribution is 2.34. The Balaban J connectivity index is 1.92. The Kier molecular flexibility index (Phi) is 5.85. The van der Waals surface area contributed by atoms with Gasteiger partial charge in [-0.15, -0.1) is 0 Å². The Morgan fingerprint density at radius 2 is 2.27 bits per heavy atom. The average molecular weight is 310 g/mol. The second-order valence-corrected chi connectivity index (χ2v) is 5.97. The van der Waals surface area contributed by atoms with E-state index in [2.05, 4.69) is 12.2 Å². The monoisotopic (exact) mass is 310 g/mol. The minimum Gasteiger partial charge on any atom is -0.467 e. The lowest BCUT2D eigenvalue weighted by molar-refractivity contribution is 0.0504. The van der Waals surface area contributed by atoms with Crippen LogP contribution in [0.4, 0.5) is 4.79 Å². The molecule has 1 aliphatic rings. The number of carbonyl (C=O) groups excluding carboxylic acids is 1. The molecule has 0 bridgehead atoms. The first-order valence-corrected chi connectivity index (χ1v) is 7.83. The van der Waals surface area contributed by atoms with Gasteiger partial charge in [0.2, 0.25) is 0 Å².